The fourth-order valence-electron chi connectivity index (χ4n) is 4.27. The Hall–Kier alpha value is -1.59. The van der Waals surface area contributed by atoms with Crippen LogP contribution in [0.3, 0.4) is 0 Å². The molecule has 3 heterocycles. The van der Waals surface area contributed by atoms with E-state index < -0.39 is 0 Å². The van der Waals surface area contributed by atoms with Gasteiger partial charge in [0.15, 0.2) is 0 Å². The highest BCUT2D eigenvalue weighted by atomic mass is 16.5. The second-order valence-corrected chi connectivity index (χ2v) is 7.31. The van der Waals surface area contributed by atoms with Crippen molar-refractivity contribution in [2.24, 2.45) is 5.92 Å². The molecule has 0 spiro atoms. The molecule has 1 aliphatic heterocycles. The van der Waals surface area contributed by atoms with Gasteiger partial charge in [-0.25, -0.2) is 0 Å². The predicted octanol–water partition coefficient (Wildman–Crippen LogP) is 3.41. The van der Waals surface area contributed by atoms with Crippen LogP contribution in [0, 0.1) is 5.92 Å². The molecule has 1 atom stereocenters. The van der Waals surface area contributed by atoms with Gasteiger partial charge in [-0.1, -0.05) is 12.8 Å². The number of ether oxygens (including phenoxy) is 1. The van der Waals surface area contributed by atoms with Crippen LogP contribution in [-0.4, -0.2) is 34.9 Å². The number of aromatic nitrogens is 2. The van der Waals surface area contributed by atoms with Gasteiger partial charge in [0.05, 0.1) is 25.1 Å². The van der Waals surface area contributed by atoms with Crippen molar-refractivity contribution in [1.29, 1.82) is 0 Å². The van der Waals surface area contributed by atoms with Crippen LogP contribution >= 0.6 is 0 Å². The van der Waals surface area contributed by atoms with Crippen LogP contribution in [0.25, 0.3) is 0 Å². The minimum Gasteiger partial charge on any atom is -0.468 e. The van der Waals surface area contributed by atoms with E-state index in [0.29, 0.717) is 5.92 Å². The maximum absolute atomic E-state index is 5.52. The zero-order chi connectivity index (χ0) is 16.4. The molecule has 0 N–H and O–H groups in total. The van der Waals surface area contributed by atoms with Crippen LogP contribution in [0.4, 0.5) is 0 Å². The van der Waals surface area contributed by atoms with Gasteiger partial charge in [-0.2, -0.15) is 5.10 Å². The summed E-state index contributed by atoms with van der Waals surface area (Å²) in [5.74, 6) is 2.18. The monoisotopic (exact) mass is 329 g/mol. The quantitative estimate of drug-likeness (QED) is 0.814. The first kappa shape index (κ1) is 15.9. The third kappa shape index (κ3) is 3.42. The number of nitrogens with zero attached hydrogens (tertiary/aromatic N) is 3. The fourth-order valence-corrected chi connectivity index (χ4v) is 4.27. The molecule has 0 radical (unpaired) electrons. The van der Waals surface area contributed by atoms with Crippen molar-refractivity contribution in [1.82, 2.24) is 14.7 Å². The summed E-state index contributed by atoms with van der Waals surface area (Å²) in [6, 6.07) is 4.00. The Morgan fingerprint density at radius 3 is 2.96 bits per heavy atom. The Kier molecular flexibility index (Phi) is 4.72. The minimum absolute atomic E-state index is 0.346. The summed E-state index contributed by atoms with van der Waals surface area (Å²) in [7, 11) is 1.78. The zero-order valence-electron chi connectivity index (χ0n) is 14.5. The number of methoxy groups -OCH3 is 1. The SMILES string of the molecule is COC[C@H]1CN(Cc2ccco2)Cc2cn(CC3CCCC3)nc21. The maximum atomic E-state index is 5.52. The van der Waals surface area contributed by atoms with E-state index in [1.807, 2.05) is 12.1 Å². The van der Waals surface area contributed by atoms with E-state index >= 15 is 0 Å². The summed E-state index contributed by atoms with van der Waals surface area (Å²) in [5.41, 5.74) is 2.60. The number of rotatable bonds is 6. The Morgan fingerprint density at radius 1 is 1.33 bits per heavy atom. The lowest BCUT2D eigenvalue weighted by molar-refractivity contribution is 0.130. The highest BCUT2D eigenvalue weighted by Gasteiger charge is 2.29. The summed E-state index contributed by atoms with van der Waals surface area (Å²) in [6.07, 6.45) is 9.50. The smallest absolute Gasteiger partial charge is 0.117 e. The molecular weight excluding hydrogens is 302 g/mol. The maximum Gasteiger partial charge on any atom is 0.117 e. The van der Waals surface area contributed by atoms with Gasteiger partial charge < -0.3 is 9.15 Å². The number of hydrogen-bond donors (Lipinski definition) is 0. The lowest BCUT2D eigenvalue weighted by atomic mass is 9.97. The lowest BCUT2D eigenvalue weighted by Gasteiger charge is -2.30. The van der Waals surface area contributed by atoms with Gasteiger partial charge in [-0.3, -0.25) is 9.58 Å². The normalized spacial score (nSPS) is 22.1. The first-order valence-corrected chi connectivity index (χ1v) is 9.11. The van der Waals surface area contributed by atoms with E-state index in [1.165, 1.54) is 36.9 Å². The van der Waals surface area contributed by atoms with Gasteiger partial charge in [-0.15, -0.1) is 0 Å². The Bertz CT molecular complexity index is 644. The van der Waals surface area contributed by atoms with Crippen molar-refractivity contribution in [2.45, 2.75) is 51.2 Å². The summed E-state index contributed by atoms with van der Waals surface area (Å²) >= 11 is 0. The minimum atomic E-state index is 0.346. The fraction of sp³-hybridized carbons (Fsp3) is 0.632. The van der Waals surface area contributed by atoms with Gasteiger partial charge in [0.2, 0.25) is 0 Å². The number of hydrogen-bond acceptors (Lipinski definition) is 4. The molecule has 5 nitrogen and oxygen atoms in total. The van der Waals surface area contributed by atoms with E-state index in [1.54, 1.807) is 13.4 Å². The van der Waals surface area contributed by atoms with Crippen molar-refractivity contribution in [3.05, 3.63) is 41.6 Å². The van der Waals surface area contributed by atoms with Crippen LogP contribution in [0.15, 0.2) is 29.0 Å². The molecule has 0 aromatic carbocycles. The van der Waals surface area contributed by atoms with E-state index in [2.05, 4.69) is 15.8 Å². The molecule has 0 saturated heterocycles. The van der Waals surface area contributed by atoms with Gasteiger partial charge in [-0.05, 0) is 30.9 Å². The predicted molar refractivity (Wildman–Crippen MR) is 91.6 cm³/mol. The van der Waals surface area contributed by atoms with E-state index in [4.69, 9.17) is 14.3 Å². The first-order valence-electron chi connectivity index (χ1n) is 9.11. The number of fused-ring (bicyclic) bond motifs is 1. The van der Waals surface area contributed by atoms with Crippen molar-refractivity contribution < 1.29 is 9.15 Å². The largest absolute Gasteiger partial charge is 0.468 e. The topological polar surface area (TPSA) is 43.4 Å². The molecule has 2 aromatic rings. The molecule has 24 heavy (non-hydrogen) atoms. The molecule has 0 unspecified atom stereocenters. The average molecular weight is 329 g/mol. The van der Waals surface area contributed by atoms with Crippen molar-refractivity contribution >= 4 is 0 Å². The van der Waals surface area contributed by atoms with Crippen molar-refractivity contribution in [2.75, 3.05) is 20.3 Å². The van der Waals surface area contributed by atoms with Gasteiger partial charge in [0.25, 0.3) is 0 Å². The first-order chi connectivity index (χ1) is 11.8. The second-order valence-electron chi connectivity index (χ2n) is 7.31. The van der Waals surface area contributed by atoms with Gasteiger partial charge in [0.1, 0.15) is 5.76 Å². The molecule has 130 valence electrons. The molecule has 0 bridgehead atoms. The molecule has 1 fully saturated rings. The van der Waals surface area contributed by atoms with Crippen molar-refractivity contribution in [3.8, 4) is 0 Å². The lowest BCUT2D eigenvalue weighted by Crippen LogP contribution is -2.34. The molecule has 2 aliphatic rings. The second kappa shape index (κ2) is 7.11. The molecular formula is C19H27N3O2. The third-order valence-electron chi connectivity index (χ3n) is 5.38. The van der Waals surface area contributed by atoms with E-state index in [0.717, 1.165) is 44.5 Å². The molecule has 5 heteroatoms. The Morgan fingerprint density at radius 2 is 2.21 bits per heavy atom. The van der Waals surface area contributed by atoms with Crippen LogP contribution < -0.4 is 0 Å². The van der Waals surface area contributed by atoms with Crippen LogP contribution in [0.2, 0.25) is 0 Å². The summed E-state index contributed by atoms with van der Waals surface area (Å²) in [4.78, 5) is 2.44. The van der Waals surface area contributed by atoms with Crippen LogP contribution in [0.5, 0.6) is 0 Å². The van der Waals surface area contributed by atoms with Gasteiger partial charge >= 0.3 is 0 Å². The van der Waals surface area contributed by atoms with Crippen molar-refractivity contribution in [3.63, 3.8) is 0 Å². The summed E-state index contributed by atoms with van der Waals surface area (Å²) in [6.45, 7) is 4.57. The average Bonchev–Trinajstić information content (AvgIpc) is 3.29. The summed E-state index contributed by atoms with van der Waals surface area (Å²) < 4.78 is 13.2. The number of furan rings is 1. The Balaban J connectivity index is 1.50. The molecule has 4 rings (SSSR count). The van der Waals surface area contributed by atoms with E-state index in [-0.39, 0.29) is 0 Å². The van der Waals surface area contributed by atoms with Crippen LogP contribution in [0.1, 0.15) is 48.6 Å². The molecule has 1 aliphatic carbocycles. The highest BCUT2D eigenvalue weighted by Crippen LogP contribution is 2.30. The molecule has 1 saturated carbocycles. The highest BCUT2D eigenvalue weighted by molar-refractivity contribution is 5.25. The van der Waals surface area contributed by atoms with Crippen LogP contribution in [-0.2, 0) is 24.4 Å². The van der Waals surface area contributed by atoms with Gasteiger partial charge in [0, 0.05) is 44.4 Å². The Labute approximate surface area is 143 Å². The molecule has 2 aromatic heterocycles. The molecule has 0 amide bonds. The van der Waals surface area contributed by atoms with E-state index in [9.17, 15) is 0 Å². The zero-order valence-corrected chi connectivity index (χ0v) is 14.5. The standard InChI is InChI=1S/C19H27N3O2/c1-23-14-17-11-21(13-18-7-4-8-24-18)10-16-12-22(20-19(16)17)9-15-5-2-3-6-15/h4,7-8,12,15,17H,2-3,5-6,9-11,13-14H2,1H3/t17-/m1/s1. The summed E-state index contributed by atoms with van der Waals surface area (Å²) in [5, 5.41) is 4.93. The third-order valence-corrected chi connectivity index (χ3v) is 5.38.